The SMILES string of the molecule is CC(=O)c1c(-c2ccc(Cl)cc2)[nH]c(-c2ccncc2)c1C. The van der Waals surface area contributed by atoms with Crippen molar-refractivity contribution in [2.24, 2.45) is 0 Å². The van der Waals surface area contributed by atoms with Crippen LogP contribution >= 0.6 is 11.6 Å². The van der Waals surface area contributed by atoms with Crippen LogP contribution in [0.4, 0.5) is 0 Å². The fraction of sp³-hybridized carbons (Fsp3) is 0.111. The molecule has 0 radical (unpaired) electrons. The predicted molar refractivity (Wildman–Crippen MR) is 89.2 cm³/mol. The molecule has 3 rings (SSSR count). The zero-order valence-electron chi connectivity index (χ0n) is 12.4. The van der Waals surface area contributed by atoms with Gasteiger partial charge in [-0.1, -0.05) is 23.7 Å². The zero-order chi connectivity index (χ0) is 15.7. The second kappa shape index (κ2) is 5.78. The molecule has 0 saturated carbocycles. The molecule has 4 heteroatoms. The van der Waals surface area contributed by atoms with E-state index in [1.54, 1.807) is 19.3 Å². The standard InChI is InChI=1S/C18H15ClN2O/c1-11-16(12(2)22)18(13-3-5-15(19)6-4-13)21-17(11)14-7-9-20-10-8-14/h3-10,21H,1-2H3. The third-order valence-electron chi connectivity index (χ3n) is 3.70. The summed E-state index contributed by atoms with van der Waals surface area (Å²) < 4.78 is 0. The number of Topliss-reactive ketones (excluding diaryl/α,β-unsaturated/α-hetero) is 1. The lowest BCUT2D eigenvalue weighted by Crippen LogP contribution is -1.95. The van der Waals surface area contributed by atoms with E-state index in [0.717, 1.165) is 28.1 Å². The second-order valence-electron chi connectivity index (χ2n) is 5.17. The molecule has 3 nitrogen and oxygen atoms in total. The molecule has 2 heterocycles. The number of aromatic nitrogens is 2. The summed E-state index contributed by atoms with van der Waals surface area (Å²) in [5.74, 6) is 0.0407. The molecule has 0 aliphatic rings. The van der Waals surface area contributed by atoms with Crippen molar-refractivity contribution in [3.8, 4) is 22.5 Å². The molecule has 0 saturated heterocycles. The number of nitrogens with one attached hydrogen (secondary N) is 1. The minimum Gasteiger partial charge on any atom is -0.354 e. The van der Waals surface area contributed by atoms with Crippen LogP contribution in [0.1, 0.15) is 22.8 Å². The number of benzene rings is 1. The van der Waals surface area contributed by atoms with Gasteiger partial charge in [-0.15, -0.1) is 0 Å². The van der Waals surface area contributed by atoms with E-state index in [1.165, 1.54) is 0 Å². The molecule has 1 N–H and O–H groups in total. The van der Waals surface area contributed by atoms with Gasteiger partial charge in [0.2, 0.25) is 0 Å². The number of carbonyl (C=O) groups is 1. The smallest absolute Gasteiger partial charge is 0.162 e. The van der Waals surface area contributed by atoms with Crippen LogP contribution in [-0.2, 0) is 0 Å². The lowest BCUT2D eigenvalue weighted by Gasteiger charge is -2.02. The van der Waals surface area contributed by atoms with Crippen LogP contribution < -0.4 is 0 Å². The number of aromatic amines is 1. The van der Waals surface area contributed by atoms with E-state index in [0.29, 0.717) is 10.6 Å². The van der Waals surface area contributed by atoms with Crippen LogP contribution in [-0.4, -0.2) is 15.8 Å². The number of nitrogens with zero attached hydrogens (tertiary/aromatic N) is 1. The van der Waals surface area contributed by atoms with E-state index in [1.807, 2.05) is 43.3 Å². The number of H-pyrrole nitrogens is 1. The van der Waals surface area contributed by atoms with Crippen LogP contribution in [0.2, 0.25) is 5.02 Å². The van der Waals surface area contributed by atoms with Crippen molar-refractivity contribution >= 4 is 17.4 Å². The Balaban J connectivity index is 2.22. The average Bonchev–Trinajstić information content (AvgIpc) is 2.86. The highest BCUT2D eigenvalue weighted by molar-refractivity contribution is 6.30. The van der Waals surface area contributed by atoms with Crippen molar-refractivity contribution in [1.82, 2.24) is 9.97 Å². The van der Waals surface area contributed by atoms with Crippen LogP contribution in [0.25, 0.3) is 22.5 Å². The van der Waals surface area contributed by atoms with Gasteiger partial charge < -0.3 is 4.98 Å². The molecule has 0 amide bonds. The van der Waals surface area contributed by atoms with Crippen LogP contribution in [0.15, 0.2) is 48.8 Å². The van der Waals surface area contributed by atoms with Crippen molar-refractivity contribution in [3.63, 3.8) is 0 Å². The van der Waals surface area contributed by atoms with Crippen LogP contribution in [0, 0.1) is 6.92 Å². The molecule has 0 atom stereocenters. The molecule has 0 unspecified atom stereocenters. The Morgan fingerprint density at radius 2 is 1.59 bits per heavy atom. The summed E-state index contributed by atoms with van der Waals surface area (Å²) in [4.78, 5) is 19.5. The Morgan fingerprint density at radius 3 is 2.18 bits per heavy atom. The van der Waals surface area contributed by atoms with Crippen molar-refractivity contribution < 1.29 is 4.79 Å². The first-order valence-electron chi connectivity index (χ1n) is 6.97. The minimum atomic E-state index is 0.0407. The highest BCUT2D eigenvalue weighted by Crippen LogP contribution is 2.33. The van der Waals surface area contributed by atoms with Gasteiger partial charge >= 0.3 is 0 Å². The van der Waals surface area contributed by atoms with Gasteiger partial charge in [-0.25, -0.2) is 0 Å². The topological polar surface area (TPSA) is 45.8 Å². The number of halogens is 1. The minimum absolute atomic E-state index is 0.0407. The molecule has 0 fully saturated rings. The molecule has 22 heavy (non-hydrogen) atoms. The van der Waals surface area contributed by atoms with Gasteiger partial charge in [0.15, 0.2) is 5.78 Å². The Labute approximate surface area is 134 Å². The summed E-state index contributed by atoms with van der Waals surface area (Å²) in [5.41, 5.74) is 5.39. The predicted octanol–water partition coefficient (Wildman–Crippen LogP) is 4.91. The van der Waals surface area contributed by atoms with Gasteiger partial charge in [0, 0.05) is 34.2 Å². The lowest BCUT2D eigenvalue weighted by molar-refractivity contribution is 0.101. The lowest BCUT2D eigenvalue weighted by atomic mass is 10.0. The summed E-state index contributed by atoms with van der Waals surface area (Å²) in [5, 5.41) is 0.672. The Kier molecular flexibility index (Phi) is 3.82. The maximum absolute atomic E-state index is 12.1. The fourth-order valence-corrected chi connectivity index (χ4v) is 2.80. The first-order chi connectivity index (χ1) is 10.6. The zero-order valence-corrected chi connectivity index (χ0v) is 13.1. The van der Waals surface area contributed by atoms with Crippen LogP contribution in [0.5, 0.6) is 0 Å². The normalized spacial score (nSPS) is 10.7. The monoisotopic (exact) mass is 310 g/mol. The van der Waals surface area contributed by atoms with E-state index in [4.69, 9.17) is 11.6 Å². The van der Waals surface area contributed by atoms with Crippen molar-refractivity contribution in [2.75, 3.05) is 0 Å². The number of hydrogen-bond acceptors (Lipinski definition) is 2. The molecule has 0 aliphatic heterocycles. The first kappa shape index (κ1) is 14.5. The molecule has 0 spiro atoms. The summed E-state index contributed by atoms with van der Waals surface area (Å²) in [6.07, 6.45) is 3.48. The maximum atomic E-state index is 12.1. The number of ketones is 1. The van der Waals surface area contributed by atoms with Crippen molar-refractivity contribution in [3.05, 3.63) is 64.9 Å². The summed E-state index contributed by atoms with van der Waals surface area (Å²) in [6.45, 7) is 3.55. The molecular formula is C18H15ClN2O. The van der Waals surface area contributed by atoms with E-state index >= 15 is 0 Å². The number of hydrogen-bond donors (Lipinski definition) is 1. The fourth-order valence-electron chi connectivity index (χ4n) is 2.67. The number of carbonyl (C=O) groups excluding carboxylic acids is 1. The molecule has 0 aliphatic carbocycles. The number of rotatable bonds is 3. The van der Waals surface area contributed by atoms with Gasteiger partial charge in [-0.05, 0) is 49.2 Å². The molecular weight excluding hydrogens is 296 g/mol. The van der Waals surface area contributed by atoms with Gasteiger partial charge in [0.05, 0.1) is 5.69 Å². The summed E-state index contributed by atoms with van der Waals surface area (Å²) in [7, 11) is 0. The third kappa shape index (κ3) is 2.55. The van der Waals surface area contributed by atoms with Crippen molar-refractivity contribution in [1.29, 1.82) is 0 Å². The Bertz CT molecular complexity index is 820. The second-order valence-corrected chi connectivity index (χ2v) is 5.61. The largest absolute Gasteiger partial charge is 0.354 e. The third-order valence-corrected chi connectivity index (χ3v) is 3.96. The average molecular weight is 311 g/mol. The van der Waals surface area contributed by atoms with Gasteiger partial charge in [-0.3, -0.25) is 9.78 Å². The van der Waals surface area contributed by atoms with Gasteiger partial charge in [0.25, 0.3) is 0 Å². The summed E-state index contributed by atoms with van der Waals surface area (Å²) >= 11 is 5.95. The molecule has 3 aromatic rings. The van der Waals surface area contributed by atoms with E-state index in [-0.39, 0.29) is 5.78 Å². The highest BCUT2D eigenvalue weighted by Gasteiger charge is 2.19. The van der Waals surface area contributed by atoms with E-state index in [9.17, 15) is 4.79 Å². The highest BCUT2D eigenvalue weighted by atomic mass is 35.5. The molecule has 2 aromatic heterocycles. The first-order valence-corrected chi connectivity index (χ1v) is 7.35. The Morgan fingerprint density at radius 1 is 1.00 bits per heavy atom. The molecule has 1 aromatic carbocycles. The van der Waals surface area contributed by atoms with E-state index in [2.05, 4.69) is 9.97 Å². The van der Waals surface area contributed by atoms with Gasteiger partial charge in [-0.2, -0.15) is 0 Å². The number of pyridine rings is 1. The summed E-state index contributed by atoms with van der Waals surface area (Å²) in [6, 6.07) is 11.3. The Hall–Kier alpha value is -2.39. The molecule has 0 bridgehead atoms. The maximum Gasteiger partial charge on any atom is 0.162 e. The van der Waals surface area contributed by atoms with E-state index < -0.39 is 0 Å². The van der Waals surface area contributed by atoms with Crippen molar-refractivity contribution in [2.45, 2.75) is 13.8 Å². The quantitative estimate of drug-likeness (QED) is 0.699. The van der Waals surface area contributed by atoms with Crippen LogP contribution in [0.3, 0.4) is 0 Å². The van der Waals surface area contributed by atoms with Gasteiger partial charge in [0.1, 0.15) is 0 Å². The molecule has 110 valence electrons.